The highest BCUT2D eigenvalue weighted by Crippen LogP contribution is 2.20. The van der Waals surface area contributed by atoms with Crippen molar-refractivity contribution in [3.05, 3.63) is 29.8 Å². The maximum absolute atomic E-state index is 8.73. The molecule has 90 valence electrons. The van der Waals surface area contributed by atoms with Crippen molar-refractivity contribution in [2.75, 3.05) is 13.1 Å². The van der Waals surface area contributed by atoms with Gasteiger partial charge in [-0.05, 0) is 43.7 Å². The van der Waals surface area contributed by atoms with Crippen molar-refractivity contribution in [2.24, 2.45) is 5.92 Å². The van der Waals surface area contributed by atoms with Crippen molar-refractivity contribution in [3.63, 3.8) is 0 Å². The molecule has 1 aliphatic heterocycles. The molecule has 2 unspecified atom stereocenters. The van der Waals surface area contributed by atoms with Crippen LogP contribution in [0.15, 0.2) is 24.3 Å². The van der Waals surface area contributed by atoms with Crippen molar-refractivity contribution in [3.8, 4) is 11.8 Å². The molecule has 0 aliphatic carbocycles. The average Bonchev–Trinajstić information content (AvgIpc) is 2.56. The largest absolute Gasteiger partial charge is 0.490 e. The second-order valence-corrected chi connectivity index (χ2v) is 4.62. The SMILES string of the molecule is CC1CNCCCC1Oc1ccc(C#N)cc1. The summed E-state index contributed by atoms with van der Waals surface area (Å²) in [6, 6.07) is 9.47. The van der Waals surface area contributed by atoms with E-state index in [1.165, 1.54) is 0 Å². The first-order valence-electron chi connectivity index (χ1n) is 6.17. The monoisotopic (exact) mass is 230 g/mol. The van der Waals surface area contributed by atoms with Crippen LogP contribution in [0.4, 0.5) is 0 Å². The molecule has 2 rings (SSSR count). The number of hydrogen-bond donors (Lipinski definition) is 1. The third-order valence-corrected chi connectivity index (χ3v) is 3.21. The minimum Gasteiger partial charge on any atom is -0.490 e. The van der Waals surface area contributed by atoms with Gasteiger partial charge in [-0.25, -0.2) is 0 Å². The van der Waals surface area contributed by atoms with Crippen molar-refractivity contribution in [1.29, 1.82) is 5.26 Å². The van der Waals surface area contributed by atoms with Gasteiger partial charge in [0.15, 0.2) is 0 Å². The van der Waals surface area contributed by atoms with E-state index in [9.17, 15) is 0 Å². The Hall–Kier alpha value is -1.53. The van der Waals surface area contributed by atoms with Crippen LogP contribution in [0, 0.1) is 17.2 Å². The maximum atomic E-state index is 8.73. The fraction of sp³-hybridized carbons (Fsp3) is 0.500. The van der Waals surface area contributed by atoms with Crippen LogP contribution in [0.3, 0.4) is 0 Å². The molecule has 0 spiro atoms. The summed E-state index contributed by atoms with van der Waals surface area (Å²) in [5.74, 6) is 1.39. The lowest BCUT2D eigenvalue weighted by molar-refractivity contribution is 0.141. The lowest BCUT2D eigenvalue weighted by Gasteiger charge is -2.22. The van der Waals surface area contributed by atoms with Gasteiger partial charge >= 0.3 is 0 Å². The van der Waals surface area contributed by atoms with Crippen LogP contribution in [0.2, 0.25) is 0 Å². The molecule has 1 aromatic rings. The highest BCUT2D eigenvalue weighted by Gasteiger charge is 2.21. The molecule has 1 fully saturated rings. The maximum Gasteiger partial charge on any atom is 0.119 e. The number of benzene rings is 1. The molecule has 3 heteroatoms. The van der Waals surface area contributed by atoms with Crippen LogP contribution in [0.5, 0.6) is 5.75 Å². The molecule has 1 aromatic carbocycles. The second kappa shape index (κ2) is 5.70. The molecule has 2 atom stereocenters. The molecule has 1 N–H and O–H groups in total. The predicted octanol–water partition coefficient (Wildman–Crippen LogP) is 2.33. The van der Waals surface area contributed by atoms with Crippen molar-refractivity contribution >= 4 is 0 Å². The second-order valence-electron chi connectivity index (χ2n) is 4.62. The van der Waals surface area contributed by atoms with E-state index in [4.69, 9.17) is 10.00 Å². The van der Waals surface area contributed by atoms with Gasteiger partial charge in [0.05, 0.1) is 11.6 Å². The summed E-state index contributed by atoms with van der Waals surface area (Å²) in [7, 11) is 0. The van der Waals surface area contributed by atoms with E-state index >= 15 is 0 Å². The average molecular weight is 230 g/mol. The third kappa shape index (κ3) is 3.21. The number of rotatable bonds is 2. The molecule has 17 heavy (non-hydrogen) atoms. The molecule has 0 bridgehead atoms. The third-order valence-electron chi connectivity index (χ3n) is 3.21. The topological polar surface area (TPSA) is 45.0 Å². The Labute approximate surface area is 102 Å². The van der Waals surface area contributed by atoms with E-state index in [1.54, 1.807) is 12.1 Å². The van der Waals surface area contributed by atoms with Gasteiger partial charge < -0.3 is 10.1 Å². The lowest BCUT2D eigenvalue weighted by atomic mass is 10.0. The Balaban J connectivity index is 2.01. The summed E-state index contributed by atoms with van der Waals surface area (Å²) in [6.45, 7) is 4.31. The minimum atomic E-state index is 0.276. The van der Waals surface area contributed by atoms with Crippen molar-refractivity contribution in [2.45, 2.75) is 25.9 Å². The number of ether oxygens (including phenoxy) is 1. The molecule has 0 saturated carbocycles. The van der Waals surface area contributed by atoms with Gasteiger partial charge in [0, 0.05) is 12.5 Å². The van der Waals surface area contributed by atoms with E-state index in [0.29, 0.717) is 11.5 Å². The van der Waals surface area contributed by atoms with E-state index in [-0.39, 0.29) is 6.10 Å². The predicted molar refractivity (Wildman–Crippen MR) is 66.8 cm³/mol. The van der Waals surface area contributed by atoms with Crippen LogP contribution >= 0.6 is 0 Å². The summed E-state index contributed by atoms with van der Waals surface area (Å²) in [5, 5.41) is 12.1. The summed E-state index contributed by atoms with van der Waals surface area (Å²) in [5.41, 5.74) is 0.674. The van der Waals surface area contributed by atoms with Gasteiger partial charge in [-0.2, -0.15) is 5.26 Å². The Morgan fingerprint density at radius 3 is 2.82 bits per heavy atom. The molecule has 0 radical (unpaired) electrons. The molecule has 1 saturated heterocycles. The molecule has 0 amide bonds. The van der Waals surface area contributed by atoms with E-state index in [2.05, 4.69) is 18.3 Å². The van der Waals surface area contributed by atoms with E-state index < -0.39 is 0 Å². The molecular weight excluding hydrogens is 212 g/mol. The van der Waals surface area contributed by atoms with Gasteiger partial charge in [0.1, 0.15) is 11.9 Å². The minimum absolute atomic E-state index is 0.276. The molecule has 3 nitrogen and oxygen atoms in total. The van der Waals surface area contributed by atoms with Gasteiger partial charge in [0.25, 0.3) is 0 Å². The lowest BCUT2D eigenvalue weighted by Crippen LogP contribution is -2.29. The quantitative estimate of drug-likeness (QED) is 0.848. The first-order chi connectivity index (χ1) is 8.29. The molecule has 1 heterocycles. The molecular formula is C14H18N2O. The fourth-order valence-electron chi connectivity index (χ4n) is 2.13. The van der Waals surface area contributed by atoms with Crippen LogP contribution < -0.4 is 10.1 Å². The van der Waals surface area contributed by atoms with Crippen LogP contribution in [-0.4, -0.2) is 19.2 Å². The molecule has 1 aliphatic rings. The van der Waals surface area contributed by atoms with Gasteiger partial charge in [-0.1, -0.05) is 6.92 Å². The van der Waals surface area contributed by atoms with E-state index in [1.807, 2.05) is 12.1 Å². The van der Waals surface area contributed by atoms with Gasteiger partial charge in [-0.3, -0.25) is 0 Å². The zero-order valence-electron chi connectivity index (χ0n) is 10.1. The summed E-state index contributed by atoms with van der Waals surface area (Å²) in [4.78, 5) is 0. The summed E-state index contributed by atoms with van der Waals surface area (Å²) >= 11 is 0. The fourth-order valence-corrected chi connectivity index (χ4v) is 2.13. The van der Waals surface area contributed by atoms with E-state index in [0.717, 1.165) is 31.7 Å². The molecule has 0 aromatic heterocycles. The standard InChI is InChI=1S/C14H18N2O/c1-11-10-16-8-2-3-14(11)17-13-6-4-12(9-15)5-7-13/h4-7,11,14,16H,2-3,8,10H2,1H3. The summed E-state index contributed by atoms with van der Waals surface area (Å²) < 4.78 is 6.00. The highest BCUT2D eigenvalue weighted by molar-refractivity contribution is 5.34. The van der Waals surface area contributed by atoms with Crippen molar-refractivity contribution < 1.29 is 4.74 Å². The number of nitrogens with one attached hydrogen (secondary N) is 1. The van der Waals surface area contributed by atoms with Gasteiger partial charge in [0.2, 0.25) is 0 Å². The zero-order chi connectivity index (χ0) is 12.1. The summed E-state index contributed by atoms with van der Waals surface area (Å²) in [6.07, 6.45) is 2.53. The Morgan fingerprint density at radius 1 is 1.35 bits per heavy atom. The first-order valence-corrected chi connectivity index (χ1v) is 6.17. The number of nitrogens with zero attached hydrogens (tertiary/aromatic N) is 1. The van der Waals surface area contributed by atoms with Crippen LogP contribution in [0.25, 0.3) is 0 Å². The number of hydrogen-bond acceptors (Lipinski definition) is 3. The Morgan fingerprint density at radius 2 is 2.12 bits per heavy atom. The first kappa shape index (κ1) is 11.9. The highest BCUT2D eigenvalue weighted by atomic mass is 16.5. The van der Waals surface area contributed by atoms with Crippen LogP contribution in [0.1, 0.15) is 25.3 Å². The smallest absolute Gasteiger partial charge is 0.119 e. The zero-order valence-corrected chi connectivity index (χ0v) is 10.1. The Bertz CT molecular complexity index is 394. The van der Waals surface area contributed by atoms with Crippen molar-refractivity contribution in [1.82, 2.24) is 5.32 Å². The van der Waals surface area contributed by atoms with Gasteiger partial charge in [-0.15, -0.1) is 0 Å². The number of nitriles is 1. The van der Waals surface area contributed by atoms with Crippen LogP contribution in [-0.2, 0) is 0 Å². The Kier molecular flexibility index (Phi) is 4.00. The normalized spacial score (nSPS) is 24.7.